The van der Waals surface area contributed by atoms with Crippen molar-refractivity contribution in [2.24, 2.45) is 0 Å². The van der Waals surface area contributed by atoms with E-state index in [9.17, 15) is 0 Å². The van der Waals surface area contributed by atoms with E-state index < -0.39 is 0 Å². The van der Waals surface area contributed by atoms with Crippen LogP contribution in [0.25, 0.3) is 0 Å². The molecule has 1 N–H and O–H groups in total. The minimum Gasteiger partial charge on any atom is -0.383 e. The van der Waals surface area contributed by atoms with E-state index >= 15 is 0 Å². The number of rotatable bonds is 5. The normalized spacial score (nSPS) is 19.5. The van der Waals surface area contributed by atoms with E-state index in [1.54, 1.807) is 0 Å². The number of hydrogen-bond acceptors (Lipinski definition) is 3. The Hall–Kier alpha value is -0.800. The third-order valence-corrected chi connectivity index (χ3v) is 2.75. The van der Waals surface area contributed by atoms with Crippen molar-refractivity contribution in [1.29, 1.82) is 0 Å². The van der Waals surface area contributed by atoms with Crippen LogP contribution in [0.4, 0.5) is 0 Å². The number of hydrogen-bond donors (Lipinski definition) is 1. The fraction of sp³-hybridized carbons (Fsp3) is 0.692. The summed E-state index contributed by atoms with van der Waals surface area (Å²) in [4.78, 5) is 4.85. The maximum Gasteiger partial charge on any atom is 0.0266 e. The molecule has 0 saturated carbocycles. The Labute approximate surface area is 99.8 Å². The van der Waals surface area contributed by atoms with Gasteiger partial charge in [0, 0.05) is 44.5 Å². The Morgan fingerprint density at radius 3 is 2.50 bits per heavy atom. The number of likely N-dealkylation sites (N-methyl/N-ethyl adjacent to an activating group) is 1. The van der Waals surface area contributed by atoms with Gasteiger partial charge in [0.1, 0.15) is 0 Å². The van der Waals surface area contributed by atoms with Crippen LogP contribution in [0, 0.1) is 0 Å². The SMILES string of the molecule is C=C(/C=C/CN1CCN(C)CC1)NC(C)C. The van der Waals surface area contributed by atoms with Crippen molar-refractivity contribution in [3.05, 3.63) is 24.4 Å². The molecule has 0 amide bonds. The fourth-order valence-electron chi connectivity index (χ4n) is 1.79. The quantitative estimate of drug-likeness (QED) is 0.709. The van der Waals surface area contributed by atoms with E-state index in [0.717, 1.165) is 12.2 Å². The van der Waals surface area contributed by atoms with Crippen molar-refractivity contribution in [1.82, 2.24) is 15.1 Å². The van der Waals surface area contributed by atoms with Crippen LogP contribution in [0.3, 0.4) is 0 Å². The topological polar surface area (TPSA) is 18.5 Å². The van der Waals surface area contributed by atoms with Crippen molar-refractivity contribution >= 4 is 0 Å². The molecule has 92 valence electrons. The van der Waals surface area contributed by atoms with Crippen LogP contribution in [0.1, 0.15) is 13.8 Å². The average molecular weight is 223 g/mol. The molecule has 0 aliphatic carbocycles. The lowest BCUT2D eigenvalue weighted by molar-refractivity contribution is 0.166. The zero-order chi connectivity index (χ0) is 12.0. The molecule has 3 heteroatoms. The van der Waals surface area contributed by atoms with Gasteiger partial charge in [-0.05, 0) is 27.0 Å². The zero-order valence-electron chi connectivity index (χ0n) is 10.9. The molecule has 1 heterocycles. The maximum absolute atomic E-state index is 3.96. The molecule has 0 aromatic heterocycles. The molecule has 0 atom stereocenters. The summed E-state index contributed by atoms with van der Waals surface area (Å²) in [6.07, 6.45) is 4.28. The molecular weight excluding hydrogens is 198 g/mol. The second kappa shape index (κ2) is 6.71. The van der Waals surface area contributed by atoms with Crippen LogP contribution in [-0.2, 0) is 0 Å². The first-order chi connectivity index (χ1) is 7.58. The predicted octanol–water partition coefficient (Wildman–Crippen LogP) is 1.30. The highest BCUT2D eigenvalue weighted by atomic mass is 15.2. The summed E-state index contributed by atoms with van der Waals surface area (Å²) >= 11 is 0. The van der Waals surface area contributed by atoms with Crippen LogP contribution in [0.5, 0.6) is 0 Å². The number of nitrogens with zero attached hydrogens (tertiary/aromatic N) is 2. The molecule has 0 bridgehead atoms. The molecule has 0 unspecified atom stereocenters. The Morgan fingerprint density at radius 2 is 1.94 bits per heavy atom. The minimum atomic E-state index is 0.459. The van der Waals surface area contributed by atoms with Crippen molar-refractivity contribution in [3.8, 4) is 0 Å². The summed E-state index contributed by atoms with van der Waals surface area (Å²) in [5, 5.41) is 3.28. The maximum atomic E-state index is 3.96. The molecule has 0 spiro atoms. The van der Waals surface area contributed by atoms with Gasteiger partial charge >= 0.3 is 0 Å². The average Bonchev–Trinajstić information content (AvgIpc) is 2.20. The van der Waals surface area contributed by atoms with Crippen molar-refractivity contribution < 1.29 is 0 Å². The number of piperazine rings is 1. The van der Waals surface area contributed by atoms with Crippen LogP contribution in [0.2, 0.25) is 0 Å². The lowest BCUT2D eigenvalue weighted by Crippen LogP contribution is -2.44. The van der Waals surface area contributed by atoms with E-state index in [1.165, 1.54) is 26.2 Å². The first kappa shape index (κ1) is 13.3. The highest BCUT2D eigenvalue weighted by Gasteiger charge is 2.11. The lowest BCUT2D eigenvalue weighted by Gasteiger charge is -2.31. The Bertz CT molecular complexity index is 238. The third kappa shape index (κ3) is 5.33. The Kier molecular flexibility index (Phi) is 5.56. The van der Waals surface area contributed by atoms with Gasteiger partial charge in [0.05, 0.1) is 0 Å². The van der Waals surface area contributed by atoms with Crippen LogP contribution < -0.4 is 5.32 Å². The minimum absolute atomic E-state index is 0.459. The highest BCUT2D eigenvalue weighted by Crippen LogP contribution is 1.99. The second-order valence-corrected chi connectivity index (χ2v) is 4.83. The first-order valence-corrected chi connectivity index (χ1v) is 6.11. The lowest BCUT2D eigenvalue weighted by atomic mass is 10.3. The van der Waals surface area contributed by atoms with E-state index in [2.05, 4.69) is 54.7 Å². The summed E-state index contributed by atoms with van der Waals surface area (Å²) in [7, 11) is 2.18. The second-order valence-electron chi connectivity index (χ2n) is 4.83. The van der Waals surface area contributed by atoms with Gasteiger partial charge in [-0.25, -0.2) is 0 Å². The molecule has 1 saturated heterocycles. The van der Waals surface area contributed by atoms with Crippen LogP contribution >= 0.6 is 0 Å². The molecule has 16 heavy (non-hydrogen) atoms. The number of nitrogens with one attached hydrogen (secondary N) is 1. The highest BCUT2D eigenvalue weighted by molar-refractivity contribution is 5.13. The van der Waals surface area contributed by atoms with Gasteiger partial charge in [-0.3, -0.25) is 4.90 Å². The van der Waals surface area contributed by atoms with Crippen molar-refractivity contribution in [2.75, 3.05) is 39.8 Å². The molecule has 0 radical (unpaired) electrons. The molecule has 1 aliphatic heterocycles. The zero-order valence-corrected chi connectivity index (χ0v) is 10.9. The molecule has 1 aliphatic rings. The first-order valence-electron chi connectivity index (χ1n) is 6.11. The monoisotopic (exact) mass is 223 g/mol. The molecule has 1 rings (SSSR count). The smallest absolute Gasteiger partial charge is 0.0266 e. The van der Waals surface area contributed by atoms with Crippen LogP contribution in [-0.4, -0.2) is 55.6 Å². The van der Waals surface area contributed by atoms with E-state index in [0.29, 0.717) is 6.04 Å². The van der Waals surface area contributed by atoms with Crippen molar-refractivity contribution in [2.45, 2.75) is 19.9 Å². The molecular formula is C13H25N3. The molecule has 1 fully saturated rings. The summed E-state index contributed by atoms with van der Waals surface area (Å²) in [6, 6.07) is 0.459. The Balaban J connectivity index is 2.18. The van der Waals surface area contributed by atoms with E-state index in [-0.39, 0.29) is 0 Å². The third-order valence-electron chi connectivity index (χ3n) is 2.75. The summed E-state index contributed by atoms with van der Waals surface area (Å²) in [5.74, 6) is 0. The van der Waals surface area contributed by atoms with Gasteiger partial charge in [-0.15, -0.1) is 0 Å². The van der Waals surface area contributed by atoms with Gasteiger partial charge in [0.25, 0.3) is 0 Å². The summed E-state index contributed by atoms with van der Waals surface area (Å²) in [5.41, 5.74) is 1.00. The van der Waals surface area contributed by atoms with Crippen molar-refractivity contribution in [3.63, 3.8) is 0 Å². The van der Waals surface area contributed by atoms with Gasteiger partial charge in [-0.1, -0.05) is 12.7 Å². The molecule has 3 nitrogen and oxygen atoms in total. The number of allylic oxidation sites excluding steroid dienone is 1. The largest absolute Gasteiger partial charge is 0.383 e. The fourth-order valence-corrected chi connectivity index (χ4v) is 1.79. The Morgan fingerprint density at radius 1 is 1.31 bits per heavy atom. The van der Waals surface area contributed by atoms with E-state index in [4.69, 9.17) is 0 Å². The van der Waals surface area contributed by atoms with E-state index in [1.807, 2.05) is 0 Å². The van der Waals surface area contributed by atoms with Crippen LogP contribution in [0.15, 0.2) is 24.4 Å². The van der Waals surface area contributed by atoms with Gasteiger partial charge in [-0.2, -0.15) is 0 Å². The summed E-state index contributed by atoms with van der Waals surface area (Å²) < 4.78 is 0. The standard InChI is InChI=1S/C13H25N3/c1-12(2)14-13(3)6-5-7-16-10-8-15(4)9-11-16/h5-6,12,14H,3,7-11H2,1-2,4H3/b6-5+. The molecule has 0 aromatic rings. The predicted molar refractivity (Wildman–Crippen MR) is 70.5 cm³/mol. The van der Waals surface area contributed by atoms with Gasteiger partial charge in [0.15, 0.2) is 0 Å². The van der Waals surface area contributed by atoms with Gasteiger partial charge in [0.2, 0.25) is 0 Å². The van der Waals surface area contributed by atoms with Gasteiger partial charge < -0.3 is 10.2 Å². The molecule has 0 aromatic carbocycles. The summed E-state index contributed by atoms with van der Waals surface area (Å²) in [6.45, 7) is 14.0.